The van der Waals surface area contributed by atoms with Crippen LogP contribution in [-0.2, 0) is 9.59 Å². The van der Waals surface area contributed by atoms with Crippen molar-refractivity contribution >= 4 is 40.8 Å². The van der Waals surface area contributed by atoms with Crippen LogP contribution in [0, 0.1) is 17.7 Å². The molecule has 3 aromatic rings. The first-order chi connectivity index (χ1) is 16.7. The number of likely N-dealkylation sites (tertiary alicyclic amines) is 1. The Balaban J connectivity index is 0.000000420. The van der Waals surface area contributed by atoms with Crippen LogP contribution in [-0.4, -0.2) is 35.0 Å². The number of benzene rings is 3. The van der Waals surface area contributed by atoms with Crippen LogP contribution < -0.4 is 5.32 Å². The predicted molar refractivity (Wildman–Crippen MR) is 137 cm³/mol. The second kappa shape index (κ2) is 12.7. The van der Waals surface area contributed by atoms with E-state index in [1.165, 1.54) is 12.1 Å². The zero-order chi connectivity index (χ0) is 25.4. The van der Waals surface area contributed by atoms with Gasteiger partial charge in [-0.3, -0.25) is 14.5 Å². The summed E-state index contributed by atoms with van der Waals surface area (Å²) in [6.45, 7) is 2.27. The molecule has 35 heavy (non-hydrogen) atoms. The molecule has 2 unspecified atom stereocenters. The van der Waals surface area contributed by atoms with Crippen LogP contribution in [0.2, 0.25) is 10.0 Å². The summed E-state index contributed by atoms with van der Waals surface area (Å²) < 4.78 is 13.9. The summed E-state index contributed by atoms with van der Waals surface area (Å²) in [5, 5.41) is 13.5. The molecular formula is C27H27Cl2FN2O3. The molecule has 1 aliphatic heterocycles. The Hall–Kier alpha value is -2.93. The summed E-state index contributed by atoms with van der Waals surface area (Å²) in [6, 6.07) is 21.8. The number of carboxylic acid groups (broad SMARTS) is 1. The van der Waals surface area contributed by atoms with Crippen molar-refractivity contribution in [3.05, 3.63) is 100 Å². The smallest absolute Gasteiger partial charge is 0.317 e. The lowest BCUT2D eigenvalue weighted by atomic mass is 9.77. The maximum Gasteiger partial charge on any atom is 0.317 e. The summed E-state index contributed by atoms with van der Waals surface area (Å²) in [5.41, 5.74) is 1.16. The number of amides is 1. The fourth-order valence-electron chi connectivity index (χ4n) is 4.29. The monoisotopic (exact) mass is 516 g/mol. The quantitative estimate of drug-likeness (QED) is 0.403. The van der Waals surface area contributed by atoms with Crippen LogP contribution in [0.4, 0.5) is 10.1 Å². The molecule has 0 aromatic heterocycles. The molecule has 3 atom stereocenters. The lowest BCUT2D eigenvalue weighted by Gasteiger charge is -2.43. The molecule has 1 heterocycles. The van der Waals surface area contributed by atoms with Gasteiger partial charge in [0.15, 0.2) is 0 Å². The van der Waals surface area contributed by atoms with Crippen molar-refractivity contribution in [1.82, 2.24) is 4.90 Å². The number of piperidine rings is 1. The van der Waals surface area contributed by atoms with Crippen molar-refractivity contribution in [1.29, 1.82) is 0 Å². The molecule has 1 aliphatic rings. The minimum absolute atomic E-state index is 0.00232. The first-order valence-corrected chi connectivity index (χ1v) is 12.0. The maximum absolute atomic E-state index is 13.9. The highest BCUT2D eigenvalue weighted by Gasteiger charge is 2.42. The van der Waals surface area contributed by atoms with E-state index in [0.717, 1.165) is 5.02 Å². The van der Waals surface area contributed by atoms with Gasteiger partial charge in [-0.1, -0.05) is 66.5 Å². The van der Waals surface area contributed by atoms with Gasteiger partial charge in [0.2, 0.25) is 5.91 Å². The fourth-order valence-corrected chi connectivity index (χ4v) is 4.63. The molecule has 0 bridgehead atoms. The summed E-state index contributed by atoms with van der Waals surface area (Å²) >= 11 is 11.5. The Bertz CT molecular complexity index is 1150. The first-order valence-electron chi connectivity index (χ1n) is 11.2. The number of aliphatic carboxylic acids is 1. The minimum Gasteiger partial charge on any atom is -0.480 e. The van der Waals surface area contributed by atoms with Crippen molar-refractivity contribution in [3.63, 3.8) is 0 Å². The van der Waals surface area contributed by atoms with Gasteiger partial charge in [-0.05, 0) is 66.9 Å². The summed E-state index contributed by atoms with van der Waals surface area (Å²) in [4.78, 5) is 26.3. The van der Waals surface area contributed by atoms with Gasteiger partial charge in [-0.25, -0.2) is 4.39 Å². The van der Waals surface area contributed by atoms with Crippen LogP contribution in [0.25, 0.3) is 0 Å². The molecule has 0 radical (unpaired) electrons. The zero-order valence-corrected chi connectivity index (χ0v) is 20.7. The van der Waals surface area contributed by atoms with E-state index in [4.69, 9.17) is 23.2 Å². The third-order valence-corrected chi connectivity index (χ3v) is 6.36. The highest BCUT2D eigenvalue weighted by atomic mass is 35.5. The standard InChI is InChI=1S/C21H22ClFN2O3.C6H5Cl/c1-13-8-9-25(12-18(26)27)20(14-4-2-6-16(23)10-14)19(13)21(28)24-17-7-3-5-15(22)11-17;7-6-4-2-1-3-5-6/h2-7,10-11,13,19-20H,8-9,12H2,1H3,(H,24,28)(H,26,27);1-5H/t13?,19?,20-;/m1./s1. The molecule has 0 spiro atoms. The van der Waals surface area contributed by atoms with Crippen LogP contribution >= 0.6 is 23.2 Å². The highest BCUT2D eigenvalue weighted by Crippen LogP contribution is 2.40. The number of anilines is 1. The van der Waals surface area contributed by atoms with E-state index in [9.17, 15) is 19.1 Å². The van der Waals surface area contributed by atoms with E-state index >= 15 is 0 Å². The Labute approximate surface area is 214 Å². The van der Waals surface area contributed by atoms with Gasteiger partial charge in [0, 0.05) is 21.8 Å². The fraction of sp³-hybridized carbons (Fsp3) is 0.259. The lowest BCUT2D eigenvalue weighted by Crippen LogP contribution is -2.48. The third-order valence-electron chi connectivity index (χ3n) is 5.87. The average molecular weight is 517 g/mol. The molecule has 1 amide bonds. The Morgan fingerprint density at radius 3 is 2.29 bits per heavy atom. The Morgan fingerprint density at radius 2 is 1.69 bits per heavy atom. The molecule has 1 fully saturated rings. The SMILES string of the molecule is CC1CCN(CC(=O)O)[C@H](c2cccc(F)c2)C1C(=O)Nc1cccc(Cl)c1.Clc1ccccc1. The minimum atomic E-state index is -0.982. The molecule has 5 nitrogen and oxygen atoms in total. The number of nitrogens with one attached hydrogen (secondary N) is 1. The van der Waals surface area contributed by atoms with Gasteiger partial charge in [0.05, 0.1) is 12.5 Å². The summed E-state index contributed by atoms with van der Waals surface area (Å²) in [6.07, 6.45) is 0.673. The lowest BCUT2D eigenvalue weighted by molar-refractivity contribution is -0.142. The number of hydrogen-bond donors (Lipinski definition) is 2. The maximum atomic E-state index is 13.9. The second-order valence-electron chi connectivity index (χ2n) is 8.45. The van der Waals surface area contributed by atoms with Crippen molar-refractivity contribution in [2.75, 3.05) is 18.4 Å². The molecule has 2 N–H and O–H groups in total. The number of rotatable bonds is 5. The predicted octanol–water partition coefficient (Wildman–Crippen LogP) is 6.54. The van der Waals surface area contributed by atoms with Crippen LogP contribution in [0.3, 0.4) is 0 Å². The molecule has 1 saturated heterocycles. The Morgan fingerprint density at radius 1 is 1.00 bits per heavy atom. The van der Waals surface area contributed by atoms with E-state index in [1.54, 1.807) is 41.3 Å². The van der Waals surface area contributed by atoms with E-state index in [-0.39, 0.29) is 18.4 Å². The van der Waals surface area contributed by atoms with Gasteiger partial charge in [0.25, 0.3) is 0 Å². The number of carbonyl (C=O) groups excluding carboxylic acids is 1. The number of nitrogens with zero attached hydrogens (tertiary/aromatic N) is 1. The van der Waals surface area contributed by atoms with E-state index in [2.05, 4.69) is 5.32 Å². The first kappa shape index (κ1) is 26.7. The molecular weight excluding hydrogens is 490 g/mol. The average Bonchev–Trinajstić information content (AvgIpc) is 2.80. The number of carboxylic acids is 1. The Kier molecular flexibility index (Phi) is 9.66. The second-order valence-corrected chi connectivity index (χ2v) is 9.32. The van der Waals surface area contributed by atoms with E-state index in [1.807, 2.05) is 37.3 Å². The summed E-state index contributed by atoms with van der Waals surface area (Å²) in [7, 11) is 0. The largest absolute Gasteiger partial charge is 0.480 e. The zero-order valence-electron chi connectivity index (χ0n) is 19.2. The molecule has 184 valence electrons. The van der Waals surface area contributed by atoms with Crippen LogP contribution in [0.1, 0.15) is 24.9 Å². The summed E-state index contributed by atoms with van der Waals surface area (Å²) in [5.74, 6) is -2.17. The van der Waals surface area contributed by atoms with Crippen molar-refractivity contribution < 1.29 is 19.1 Å². The van der Waals surface area contributed by atoms with Gasteiger partial charge >= 0.3 is 5.97 Å². The normalized spacial score (nSPS) is 19.8. The molecule has 8 heteroatoms. The highest BCUT2D eigenvalue weighted by molar-refractivity contribution is 6.31. The molecule has 4 rings (SSSR count). The van der Waals surface area contributed by atoms with Crippen molar-refractivity contribution in [2.45, 2.75) is 19.4 Å². The molecule has 3 aromatic carbocycles. The van der Waals surface area contributed by atoms with Crippen molar-refractivity contribution in [2.24, 2.45) is 11.8 Å². The molecule has 0 aliphatic carbocycles. The van der Waals surface area contributed by atoms with E-state index in [0.29, 0.717) is 29.2 Å². The van der Waals surface area contributed by atoms with Gasteiger partial charge in [0.1, 0.15) is 5.82 Å². The van der Waals surface area contributed by atoms with E-state index < -0.39 is 23.7 Å². The molecule has 0 saturated carbocycles. The van der Waals surface area contributed by atoms with Gasteiger partial charge in [-0.2, -0.15) is 0 Å². The van der Waals surface area contributed by atoms with Crippen molar-refractivity contribution in [3.8, 4) is 0 Å². The number of halogens is 3. The van der Waals surface area contributed by atoms with Crippen LogP contribution in [0.15, 0.2) is 78.9 Å². The number of hydrogen-bond acceptors (Lipinski definition) is 3. The van der Waals surface area contributed by atoms with Gasteiger partial charge in [-0.15, -0.1) is 0 Å². The van der Waals surface area contributed by atoms with Crippen LogP contribution in [0.5, 0.6) is 0 Å². The number of carbonyl (C=O) groups is 2. The third kappa shape index (κ3) is 7.79. The van der Waals surface area contributed by atoms with Gasteiger partial charge < -0.3 is 10.4 Å². The topological polar surface area (TPSA) is 69.6 Å².